The van der Waals surface area contributed by atoms with Gasteiger partial charge in [-0.15, -0.1) is 0 Å². The molecule has 0 fully saturated rings. The molecule has 0 aromatic heterocycles. The van der Waals surface area contributed by atoms with Crippen molar-refractivity contribution in [2.75, 3.05) is 7.05 Å². The number of carbonyl (C=O) groups excluding carboxylic acids is 1. The highest BCUT2D eigenvalue weighted by atomic mass is 16.4. The normalized spacial score (nSPS) is 11.2. The number of aliphatic carboxylic acids is 1. The lowest BCUT2D eigenvalue weighted by Crippen LogP contribution is -2.39. The second kappa shape index (κ2) is 5.87. The number of nitrogens with zero attached hydrogens (tertiary/aromatic N) is 1. The Balaban J connectivity index is 2.75. The molecule has 19 heavy (non-hydrogen) atoms. The summed E-state index contributed by atoms with van der Waals surface area (Å²) in [5.41, 5.74) is 1.30. The first-order valence-corrected chi connectivity index (χ1v) is 6.25. The van der Waals surface area contributed by atoms with E-state index in [4.69, 9.17) is 5.11 Å². The van der Waals surface area contributed by atoms with Crippen LogP contribution in [0.25, 0.3) is 0 Å². The van der Waals surface area contributed by atoms with E-state index >= 15 is 0 Å². The van der Waals surface area contributed by atoms with E-state index in [-0.39, 0.29) is 12.3 Å². The van der Waals surface area contributed by atoms with Crippen molar-refractivity contribution >= 4 is 11.9 Å². The molecule has 1 N–H and O–H groups in total. The van der Waals surface area contributed by atoms with Crippen molar-refractivity contribution in [1.29, 1.82) is 0 Å². The summed E-state index contributed by atoms with van der Waals surface area (Å²) >= 11 is 0. The minimum Gasteiger partial charge on any atom is -0.481 e. The quantitative estimate of drug-likeness (QED) is 0.887. The third-order valence-corrected chi connectivity index (χ3v) is 3.02. The molecule has 0 heterocycles. The first kappa shape index (κ1) is 15.2. The summed E-state index contributed by atoms with van der Waals surface area (Å²) in [7, 11) is 1.70. The molecule has 4 nitrogen and oxygen atoms in total. The van der Waals surface area contributed by atoms with Gasteiger partial charge in [0.1, 0.15) is 0 Å². The molecule has 0 spiro atoms. The van der Waals surface area contributed by atoms with Crippen molar-refractivity contribution in [1.82, 2.24) is 4.90 Å². The average molecular weight is 263 g/mol. The number of benzene rings is 1. The van der Waals surface area contributed by atoms with Crippen LogP contribution < -0.4 is 0 Å². The van der Waals surface area contributed by atoms with Crippen LogP contribution in [-0.2, 0) is 16.1 Å². The van der Waals surface area contributed by atoms with Crippen LogP contribution in [0.4, 0.5) is 0 Å². The summed E-state index contributed by atoms with van der Waals surface area (Å²) in [6.45, 7) is 5.82. The van der Waals surface area contributed by atoms with Crippen LogP contribution in [0, 0.1) is 12.3 Å². The molecule has 1 aromatic carbocycles. The predicted molar refractivity (Wildman–Crippen MR) is 73.7 cm³/mol. The van der Waals surface area contributed by atoms with Gasteiger partial charge in [-0.05, 0) is 12.5 Å². The van der Waals surface area contributed by atoms with Crippen LogP contribution >= 0.6 is 0 Å². The van der Waals surface area contributed by atoms with Crippen molar-refractivity contribution in [3.05, 3.63) is 35.4 Å². The highest BCUT2D eigenvalue weighted by Crippen LogP contribution is 2.24. The van der Waals surface area contributed by atoms with Gasteiger partial charge < -0.3 is 10.0 Å². The third kappa shape index (κ3) is 4.39. The molecule has 0 atom stereocenters. The highest BCUT2D eigenvalue weighted by molar-refractivity contribution is 5.86. The van der Waals surface area contributed by atoms with Crippen LogP contribution in [0.3, 0.4) is 0 Å². The van der Waals surface area contributed by atoms with E-state index in [0.717, 1.165) is 11.1 Å². The maximum absolute atomic E-state index is 12.3. The van der Waals surface area contributed by atoms with Gasteiger partial charge in [-0.2, -0.15) is 0 Å². The van der Waals surface area contributed by atoms with Crippen LogP contribution in [0.15, 0.2) is 24.3 Å². The van der Waals surface area contributed by atoms with Gasteiger partial charge in [-0.3, -0.25) is 9.59 Å². The smallest absolute Gasteiger partial charge is 0.304 e. The summed E-state index contributed by atoms with van der Waals surface area (Å²) < 4.78 is 0. The lowest BCUT2D eigenvalue weighted by Gasteiger charge is -2.28. The Labute approximate surface area is 114 Å². The van der Waals surface area contributed by atoms with Gasteiger partial charge in [0.2, 0.25) is 5.91 Å². The summed E-state index contributed by atoms with van der Waals surface area (Å²) in [5.74, 6) is -1.11. The van der Waals surface area contributed by atoms with E-state index in [0.29, 0.717) is 6.54 Å². The van der Waals surface area contributed by atoms with Crippen LogP contribution in [0.1, 0.15) is 31.4 Å². The molecular formula is C15H21NO3. The van der Waals surface area contributed by atoms with Gasteiger partial charge in [0, 0.05) is 13.6 Å². The molecule has 0 bridgehead atoms. The SMILES string of the molecule is Cc1cccc(CN(C)C(=O)C(C)(C)CC(=O)O)c1. The molecule has 0 aliphatic carbocycles. The maximum Gasteiger partial charge on any atom is 0.304 e. The number of hydrogen-bond donors (Lipinski definition) is 1. The molecule has 1 aromatic rings. The Bertz CT molecular complexity index is 480. The Hall–Kier alpha value is -1.84. The fourth-order valence-corrected chi connectivity index (χ4v) is 2.13. The second-order valence-electron chi connectivity index (χ2n) is 5.60. The minimum atomic E-state index is -0.956. The number of hydrogen-bond acceptors (Lipinski definition) is 2. The zero-order valence-corrected chi connectivity index (χ0v) is 11.9. The molecule has 0 unspecified atom stereocenters. The van der Waals surface area contributed by atoms with Gasteiger partial charge >= 0.3 is 5.97 Å². The van der Waals surface area contributed by atoms with Crippen LogP contribution in [0.2, 0.25) is 0 Å². The molecule has 4 heteroatoms. The molecule has 0 saturated heterocycles. The topological polar surface area (TPSA) is 57.6 Å². The Kier molecular flexibility index (Phi) is 4.70. The monoisotopic (exact) mass is 263 g/mol. The van der Waals surface area contributed by atoms with Gasteiger partial charge in [0.05, 0.1) is 11.8 Å². The molecular weight excluding hydrogens is 242 g/mol. The molecule has 0 aliphatic heterocycles. The average Bonchev–Trinajstić information content (AvgIpc) is 2.26. The largest absolute Gasteiger partial charge is 0.481 e. The van der Waals surface area contributed by atoms with E-state index in [1.807, 2.05) is 31.2 Å². The number of aryl methyl sites for hydroxylation is 1. The highest BCUT2D eigenvalue weighted by Gasteiger charge is 2.32. The predicted octanol–water partition coefficient (Wildman–Crippen LogP) is 2.45. The number of carboxylic acids is 1. The number of carbonyl (C=O) groups is 2. The van der Waals surface area contributed by atoms with Crippen LogP contribution in [-0.4, -0.2) is 28.9 Å². The number of rotatable bonds is 5. The van der Waals surface area contributed by atoms with E-state index in [2.05, 4.69) is 0 Å². The fourth-order valence-electron chi connectivity index (χ4n) is 2.13. The minimum absolute atomic E-state index is 0.156. The Morgan fingerprint density at radius 1 is 1.32 bits per heavy atom. The molecule has 0 aliphatic rings. The Morgan fingerprint density at radius 3 is 2.47 bits per heavy atom. The molecule has 1 rings (SSSR count). The summed E-state index contributed by atoms with van der Waals surface area (Å²) in [4.78, 5) is 24.6. The molecule has 1 amide bonds. The van der Waals surface area contributed by atoms with Crippen molar-refractivity contribution in [2.24, 2.45) is 5.41 Å². The standard InChI is InChI=1S/C15H21NO3/c1-11-6-5-7-12(8-11)10-16(4)14(19)15(2,3)9-13(17)18/h5-8H,9-10H2,1-4H3,(H,17,18). The van der Waals surface area contributed by atoms with Crippen molar-refractivity contribution in [3.63, 3.8) is 0 Å². The first-order valence-electron chi connectivity index (χ1n) is 6.25. The second-order valence-corrected chi connectivity index (χ2v) is 5.60. The van der Waals surface area contributed by atoms with Crippen molar-refractivity contribution < 1.29 is 14.7 Å². The van der Waals surface area contributed by atoms with Gasteiger partial charge in [0.25, 0.3) is 0 Å². The van der Waals surface area contributed by atoms with Crippen LogP contribution in [0.5, 0.6) is 0 Å². The number of amides is 1. The first-order chi connectivity index (χ1) is 8.72. The number of carboxylic acid groups (broad SMARTS) is 1. The van der Waals surface area contributed by atoms with E-state index in [9.17, 15) is 9.59 Å². The summed E-state index contributed by atoms with van der Waals surface area (Å²) in [6, 6.07) is 7.93. The van der Waals surface area contributed by atoms with E-state index in [1.54, 1.807) is 25.8 Å². The Morgan fingerprint density at radius 2 is 1.95 bits per heavy atom. The lowest BCUT2D eigenvalue weighted by molar-refractivity contribution is -0.148. The van der Waals surface area contributed by atoms with Crippen molar-refractivity contribution in [2.45, 2.75) is 33.7 Å². The maximum atomic E-state index is 12.3. The van der Waals surface area contributed by atoms with Gasteiger partial charge in [-0.25, -0.2) is 0 Å². The van der Waals surface area contributed by atoms with Gasteiger partial charge in [0.15, 0.2) is 0 Å². The summed E-state index contributed by atoms with van der Waals surface area (Å²) in [5, 5.41) is 8.84. The van der Waals surface area contributed by atoms with Crippen molar-refractivity contribution in [3.8, 4) is 0 Å². The molecule has 0 saturated carbocycles. The zero-order chi connectivity index (χ0) is 14.6. The molecule has 104 valence electrons. The summed E-state index contributed by atoms with van der Waals surface area (Å²) in [6.07, 6.45) is -0.163. The van der Waals surface area contributed by atoms with E-state index < -0.39 is 11.4 Å². The lowest BCUT2D eigenvalue weighted by atomic mass is 9.87. The molecule has 0 radical (unpaired) electrons. The fraction of sp³-hybridized carbons (Fsp3) is 0.467. The van der Waals surface area contributed by atoms with Gasteiger partial charge in [-0.1, -0.05) is 43.7 Å². The third-order valence-electron chi connectivity index (χ3n) is 3.02. The zero-order valence-electron chi connectivity index (χ0n) is 11.9. The van der Waals surface area contributed by atoms with E-state index in [1.165, 1.54) is 0 Å².